The van der Waals surface area contributed by atoms with Gasteiger partial charge in [0.1, 0.15) is 0 Å². The number of hydrogen-bond donors (Lipinski definition) is 2. The molecule has 0 saturated carbocycles. The smallest absolute Gasteiger partial charge is 0.220 e. The second-order valence-electron chi connectivity index (χ2n) is 6.99. The van der Waals surface area contributed by atoms with Crippen LogP contribution in [0, 0.1) is 5.92 Å². The van der Waals surface area contributed by atoms with Crippen LogP contribution in [0.3, 0.4) is 0 Å². The van der Waals surface area contributed by atoms with Crippen molar-refractivity contribution in [2.75, 3.05) is 21.3 Å². The van der Waals surface area contributed by atoms with Crippen molar-refractivity contribution in [2.45, 2.75) is 50.7 Å². The van der Waals surface area contributed by atoms with Gasteiger partial charge >= 0.3 is 0 Å². The summed E-state index contributed by atoms with van der Waals surface area (Å²) in [7, 11) is 4.75. The number of halogens is 1. The lowest BCUT2D eigenvalue weighted by molar-refractivity contribution is -0.122. The Labute approximate surface area is 161 Å². The number of amides is 1. The van der Waals surface area contributed by atoms with Gasteiger partial charge in [-0.3, -0.25) is 4.79 Å². The molecule has 3 rings (SSSR count). The maximum Gasteiger partial charge on any atom is 0.220 e. The summed E-state index contributed by atoms with van der Waals surface area (Å²) in [6, 6.07) is 4.97. The van der Waals surface area contributed by atoms with E-state index in [1.54, 1.807) is 21.3 Å². The van der Waals surface area contributed by atoms with Crippen molar-refractivity contribution in [1.29, 1.82) is 0 Å². The first kappa shape index (κ1) is 20.6. The Kier molecular flexibility index (Phi) is 7.41. The summed E-state index contributed by atoms with van der Waals surface area (Å²) in [5.41, 5.74) is 0.924. The molecule has 1 aromatic carbocycles. The highest BCUT2D eigenvalue weighted by Gasteiger charge is 2.34. The Balaban J connectivity index is 0.00000243. The van der Waals surface area contributed by atoms with Gasteiger partial charge in [0, 0.05) is 25.0 Å². The molecular weight excluding hydrogens is 356 g/mol. The van der Waals surface area contributed by atoms with Crippen molar-refractivity contribution in [3.05, 3.63) is 17.7 Å². The number of nitrogens with one attached hydrogen (secondary N) is 2. The quantitative estimate of drug-likeness (QED) is 0.756. The molecule has 0 radical (unpaired) electrons. The van der Waals surface area contributed by atoms with Crippen LogP contribution in [0.4, 0.5) is 0 Å². The van der Waals surface area contributed by atoms with Crippen molar-refractivity contribution in [3.63, 3.8) is 0 Å². The molecule has 146 valence electrons. The molecule has 0 aromatic heterocycles. The minimum absolute atomic E-state index is 0. The third kappa shape index (κ3) is 4.74. The van der Waals surface area contributed by atoms with E-state index in [0.717, 1.165) is 18.4 Å². The summed E-state index contributed by atoms with van der Waals surface area (Å²) in [5.74, 6) is 2.37. The predicted octanol–water partition coefficient (Wildman–Crippen LogP) is 2.67. The molecule has 1 aromatic rings. The fourth-order valence-electron chi connectivity index (χ4n) is 4.11. The van der Waals surface area contributed by atoms with Gasteiger partial charge in [-0.15, -0.1) is 12.4 Å². The minimum Gasteiger partial charge on any atom is -0.493 e. The standard InChI is InChI=1S/C19H28N2O4.ClH/c1-23-16-8-13(9-17(24-2)19(16)25-3)11-20-18(22)10-12-6-14-4-5-15(7-12)21-14;/h8-9,12,14-15,21H,4-7,10-11H2,1-3H3,(H,20,22);1H. The first-order valence-electron chi connectivity index (χ1n) is 8.94. The monoisotopic (exact) mass is 384 g/mol. The van der Waals surface area contributed by atoms with Crippen molar-refractivity contribution in [3.8, 4) is 17.2 Å². The van der Waals surface area contributed by atoms with E-state index in [0.29, 0.717) is 48.2 Å². The Morgan fingerprint density at radius 1 is 1.08 bits per heavy atom. The second kappa shape index (κ2) is 9.33. The lowest BCUT2D eigenvalue weighted by Gasteiger charge is -2.28. The molecule has 2 bridgehead atoms. The molecule has 2 unspecified atom stereocenters. The molecule has 7 heteroatoms. The van der Waals surface area contributed by atoms with Crippen LogP contribution in [0.1, 0.15) is 37.7 Å². The van der Waals surface area contributed by atoms with Gasteiger partial charge in [-0.05, 0) is 49.3 Å². The number of ether oxygens (including phenoxy) is 3. The minimum atomic E-state index is 0. The lowest BCUT2D eigenvalue weighted by atomic mass is 9.89. The first-order chi connectivity index (χ1) is 12.1. The molecule has 0 spiro atoms. The maximum absolute atomic E-state index is 12.3. The zero-order valence-corrected chi connectivity index (χ0v) is 16.5. The van der Waals surface area contributed by atoms with Gasteiger partial charge in [0.05, 0.1) is 21.3 Å². The van der Waals surface area contributed by atoms with Gasteiger partial charge in [0.2, 0.25) is 11.7 Å². The van der Waals surface area contributed by atoms with Crippen molar-refractivity contribution >= 4 is 18.3 Å². The van der Waals surface area contributed by atoms with Gasteiger partial charge in [0.15, 0.2) is 11.5 Å². The van der Waals surface area contributed by atoms with Gasteiger partial charge in [-0.1, -0.05) is 0 Å². The molecule has 2 saturated heterocycles. The average Bonchev–Trinajstić information content (AvgIpc) is 2.97. The van der Waals surface area contributed by atoms with Gasteiger partial charge < -0.3 is 24.8 Å². The van der Waals surface area contributed by atoms with Crippen LogP contribution in [0.15, 0.2) is 12.1 Å². The summed E-state index contributed by atoms with van der Waals surface area (Å²) >= 11 is 0. The summed E-state index contributed by atoms with van der Waals surface area (Å²) in [6.07, 6.45) is 5.36. The molecule has 2 aliphatic rings. The van der Waals surface area contributed by atoms with E-state index in [-0.39, 0.29) is 18.3 Å². The van der Waals surface area contributed by atoms with Crippen LogP contribution < -0.4 is 24.8 Å². The average molecular weight is 385 g/mol. The van der Waals surface area contributed by atoms with Crippen LogP contribution in [-0.4, -0.2) is 39.3 Å². The molecule has 1 amide bonds. The first-order valence-corrected chi connectivity index (χ1v) is 8.94. The topological polar surface area (TPSA) is 68.8 Å². The van der Waals surface area contributed by atoms with E-state index < -0.39 is 0 Å². The van der Waals surface area contributed by atoms with E-state index in [1.807, 2.05) is 12.1 Å². The van der Waals surface area contributed by atoms with Crippen LogP contribution in [0.5, 0.6) is 17.2 Å². The summed E-state index contributed by atoms with van der Waals surface area (Å²) in [4.78, 5) is 12.3. The summed E-state index contributed by atoms with van der Waals surface area (Å²) in [5, 5.41) is 6.64. The van der Waals surface area contributed by atoms with E-state index in [1.165, 1.54) is 12.8 Å². The molecular formula is C19H29ClN2O4. The summed E-state index contributed by atoms with van der Waals surface area (Å²) in [6.45, 7) is 0.452. The van der Waals surface area contributed by atoms with Gasteiger partial charge in [-0.25, -0.2) is 0 Å². The Bertz CT molecular complexity index is 589. The number of rotatable bonds is 7. The second-order valence-corrected chi connectivity index (χ2v) is 6.99. The Hall–Kier alpha value is -1.66. The maximum atomic E-state index is 12.3. The number of methoxy groups -OCH3 is 3. The van der Waals surface area contributed by atoms with Crippen molar-refractivity contribution < 1.29 is 19.0 Å². The zero-order valence-electron chi connectivity index (χ0n) is 15.7. The van der Waals surface area contributed by atoms with Crippen LogP contribution in [0.2, 0.25) is 0 Å². The highest BCUT2D eigenvalue weighted by molar-refractivity contribution is 5.85. The fraction of sp³-hybridized carbons (Fsp3) is 0.632. The van der Waals surface area contributed by atoms with Crippen LogP contribution >= 0.6 is 12.4 Å². The number of carbonyl (C=O) groups excluding carboxylic acids is 1. The molecule has 2 aliphatic heterocycles. The molecule has 2 heterocycles. The normalized spacial score (nSPS) is 23.7. The lowest BCUT2D eigenvalue weighted by Crippen LogP contribution is -2.39. The van der Waals surface area contributed by atoms with E-state index in [9.17, 15) is 4.79 Å². The molecule has 2 fully saturated rings. The van der Waals surface area contributed by atoms with Crippen LogP contribution in [-0.2, 0) is 11.3 Å². The summed E-state index contributed by atoms with van der Waals surface area (Å²) < 4.78 is 16.0. The SMILES string of the molecule is COc1cc(CNC(=O)CC2CC3CCC(C2)N3)cc(OC)c1OC.Cl. The number of fused-ring (bicyclic) bond motifs is 2. The Morgan fingerprint density at radius 2 is 1.65 bits per heavy atom. The van der Waals surface area contributed by atoms with E-state index in [4.69, 9.17) is 14.2 Å². The van der Waals surface area contributed by atoms with Crippen molar-refractivity contribution in [1.82, 2.24) is 10.6 Å². The van der Waals surface area contributed by atoms with Gasteiger partial charge in [0.25, 0.3) is 0 Å². The molecule has 6 nitrogen and oxygen atoms in total. The number of benzene rings is 1. The van der Waals surface area contributed by atoms with E-state index in [2.05, 4.69) is 10.6 Å². The molecule has 0 aliphatic carbocycles. The molecule has 2 N–H and O–H groups in total. The van der Waals surface area contributed by atoms with Crippen LogP contribution in [0.25, 0.3) is 0 Å². The third-order valence-corrected chi connectivity index (χ3v) is 5.26. The highest BCUT2D eigenvalue weighted by Crippen LogP contribution is 2.38. The number of piperidine rings is 1. The fourth-order valence-corrected chi connectivity index (χ4v) is 4.11. The van der Waals surface area contributed by atoms with Gasteiger partial charge in [-0.2, -0.15) is 0 Å². The van der Waals surface area contributed by atoms with E-state index >= 15 is 0 Å². The molecule has 2 atom stereocenters. The number of hydrogen-bond acceptors (Lipinski definition) is 5. The van der Waals surface area contributed by atoms with Crippen molar-refractivity contribution in [2.24, 2.45) is 5.92 Å². The highest BCUT2D eigenvalue weighted by atomic mass is 35.5. The predicted molar refractivity (Wildman–Crippen MR) is 102 cm³/mol. The zero-order chi connectivity index (χ0) is 17.8. The number of carbonyl (C=O) groups is 1. The Morgan fingerprint density at radius 3 is 2.15 bits per heavy atom. The third-order valence-electron chi connectivity index (χ3n) is 5.26. The largest absolute Gasteiger partial charge is 0.493 e. The molecule has 26 heavy (non-hydrogen) atoms.